The Labute approximate surface area is 182 Å². The third kappa shape index (κ3) is 10.4. The molecular weight excluding hydrogens is 352 g/mol. The van der Waals surface area contributed by atoms with Crippen molar-refractivity contribution >= 4 is 11.4 Å². The molecule has 0 saturated heterocycles. The van der Waals surface area contributed by atoms with E-state index in [9.17, 15) is 0 Å². The van der Waals surface area contributed by atoms with Gasteiger partial charge in [-0.1, -0.05) is 41.5 Å². The van der Waals surface area contributed by atoms with Crippen LogP contribution in [0.3, 0.4) is 0 Å². The minimum absolute atomic E-state index is 0.522. The van der Waals surface area contributed by atoms with Crippen LogP contribution in [-0.4, -0.2) is 18.1 Å². The number of anilines is 2. The largest absolute Gasteiger partial charge is 0.383 e. The maximum atomic E-state index is 3.68. The SMILES string of the molecule is CC(C)CCC(C)Nc1ccc(N(C(C)CCC(C)C)C(C)CCC(C)C)cc1. The lowest BCUT2D eigenvalue weighted by Crippen LogP contribution is -2.40. The molecule has 3 unspecified atom stereocenters. The van der Waals surface area contributed by atoms with Crippen LogP contribution in [-0.2, 0) is 0 Å². The molecule has 0 saturated carbocycles. The molecule has 0 aliphatic heterocycles. The Bertz CT molecular complexity index is 514. The number of hydrogen-bond donors (Lipinski definition) is 1. The number of benzene rings is 1. The molecule has 1 N–H and O–H groups in total. The highest BCUT2D eigenvalue weighted by molar-refractivity contribution is 5.56. The van der Waals surface area contributed by atoms with E-state index in [2.05, 4.69) is 96.8 Å². The maximum absolute atomic E-state index is 3.68. The molecule has 3 atom stereocenters. The number of hydrogen-bond acceptors (Lipinski definition) is 2. The molecule has 0 amide bonds. The summed E-state index contributed by atoms with van der Waals surface area (Å²) < 4.78 is 0. The lowest BCUT2D eigenvalue weighted by molar-refractivity contribution is 0.431. The van der Waals surface area contributed by atoms with Crippen LogP contribution in [0.25, 0.3) is 0 Å². The molecule has 0 heterocycles. The standard InChI is InChI=1S/C27H50N2/c1-20(2)10-13-23(7)28-26-16-18-27(19-17-26)29(24(8)14-11-21(3)4)25(9)15-12-22(5)6/h16-25,28H,10-15H2,1-9H3. The van der Waals surface area contributed by atoms with Crippen molar-refractivity contribution in [2.45, 2.75) is 119 Å². The van der Waals surface area contributed by atoms with Gasteiger partial charge < -0.3 is 10.2 Å². The van der Waals surface area contributed by atoms with Gasteiger partial charge in [-0.15, -0.1) is 0 Å². The average Bonchev–Trinajstić information content (AvgIpc) is 2.64. The Morgan fingerprint density at radius 3 is 1.41 bits per heavy atom. The normalized spacial score (nSPS) is 15.0. The summed E-state index contributed by atoms with van der Waals surface area (Å²) >= 11 is 0. The third-order valence-electron chi connectivity index (χ3n) is 6.03. The quantitative estimate of drug-likeness (QED) is 0.336. The van der Waals surface area contributed by atoms with Crippen LogP contribution in [0.1, 0.15) is 101 Å². The lowest BCUT2D eigenvalue weighted by Gasteiger charge is -2.38. The predicted molar refractivity (Wildman–Crippen MR) is 133 cm³/mol. The second-order valence-electron chi connectivity index (χ2n) is 10.6. The van der Waals surface area contributed by atoms with Crippen molar-refractivity contribution in [1.82, 2.24) is 0 Å². The molecule has 0 aliphatic rings. The predicted octanol–water partition coefficient (Wildman–Crippen LogP) is 8.38. The van der Waals surface area contributed by atoms with Gasteiger partial charge in [-0.25, -0.2) is 0 Å². The van der Waals surface area contributed by atoms with Crippen molar-refractivity contribution in [3.63, 3.8) is 0 Å². The van der Waals surface area contributed by atoms with E-state index < -0.39 is 0 Å². The van der Waals surface area contributed by atoms with E-state index in [1.807, 2.05) is 0 Å². The van der Waals surface area contributed by atoms with Crippen molar-refractivity contribution in [1.29, 1.82) is 0 Å². The van der Waals surface area contributed by atoms with E-state index in [0.717, 1.165) is 17.8 Å². The Kier molecular flexibility index (Phi) is 11.8. The second-order valence-corrected chi connectivity index (χ2v) is 10.6. The van der Waals surface area contributed by atoms with Crippen molar-refractivity contribution in [3.05, 3.63) is 24.3 Å². The van der Waals surface area contributed by atoms with Gasteiger partial charge in [0.1, 0.15) is 0 Å². The molecule has 1 rings (SSSR count). The first-order chi connectivity index (χ1) is 13.6. The van der Waals surface area contributed by atoms with Crippen molar-refractivity contribution in [2.24, 2.45) is 17.8 Å². The van der Waals surface area contributed by atoms with E-state index in [1.165, 1.54) is 49.9 Å². The highest BCUT2D eigenvalue weighted by Crippen LogP contribution is 2.27. The van der Waals surface area contributed by atoms with E-state index in [4.69, 9.17) is 0 Å². The van der Waals surface area contributed by atoms with Gasteiger partial charge in [-0.05, 0) is 101 Å². The number of nitrogens with one attached hydrogen (secondary N) is 1. The molecule has 0 fully saturated rings. The molecular formula is C27H50N2. The molecule has 2 heteroatoms. The summed E-state index contributed by atoms with van der Waals surface area (Å²) in [6.07, 6.45) is 7.61. The van der Waals surface area contributed by atoms with Crippen LogP contribution >= 0.6 is 0 Å². The summed E-state index contributed by atoms with van der Waals surface area (Å²) in [5.74, 6) is 2.31. The molecule has 0 radical (unpaired) electrons. The maximum Gasteiger partial charge on any atom is 0.0372 e. The first-order valence-electron chi connectivity index (χ1n) is 12.2. The summed E-state index contributed by atoms with van der Waals surface area (Å²) in [7, 11) is 0. The first kappa shape index (κ1) is 25.9. The fourth-order valence-electron chi connectivity index (χ4n) is 4.04. The van der Waals surface area contributed by atoms with Gasteiger partial charge in [-0.2, -0.15) is 0 Å². The summed E-state index contributed by atoms with van der Waals surface area (Å²) in [5, 5.41) is 3.68. The van der Waals surface area contributed by atoms with Gasteiger partial charge >= 0.3 is 0 Å². The van der Waals surface area contributed by atoms with Gasteiger partial charge in [0, 0.05) is 29.5 Å². The molecule has 1 aromatic carbocycles. The summed E-state index contributed by atoms with van der Waals surface area (Å²) in [6.45, 7) is 21.1. The highest BCUT2D eigenvalue weighted by atomic mass is 15.2. The van der Waals surface area contributed by atoms with Gasteiger partial charge in [0.25, 0.3) is 0 Å². The molecule has 168 valence electrons. The minimum Gasteiger partial charge on any atom is -0.383 e. The fourth-order valence-corrected chi connectivity index (χ4v) is 4.04. The average molecular weight is 403 g/mol. The summed E-state index contributed by atoms with van der Waals surface area (Å²) in [5.41, 5.74) is 2.62. The first-order valence-corrected chi connectivity index (χ1v) is 12.2. The summed E-state index contributed by atoms with van der Waals surface area (Å²) in [4.78, 5) is 2.68. The van der Waals surface area contributed by atoms with E-state index in [0.29, 0.717) is 18.1 Å². The van der Waals surface area contributed by atoms with Crippen LogP contribution in [0.5, 0.6) is 0 Å². The molecule has 1 aromatic rings. The molecule has 0 aliphatic carbocycles. The Morgan fingerprint density at radius 2 is 1.00 bits per heavy atom. The Hall–Kier alpha value is -1.18. The number of rotatable bonds is 14. The fraction of sp³-hybridized carbons (Fsp3) is 0.778. The molecule has 0 spiro atoms. The van der Waals surface area contributed by atoms with Crippen LogP contribution in [0.15, 0.2) is 24.3 Å². The molecule has 2 nitrogen and oxygen atoms in total. The van der Waals surface area contributed by atoms with Gasteiger partial charge in [0.2, 0.25) is 0 Å². The smallest absolute Gasteiger partial charge is 0.0372 e. The highest BCUT2D eigenvalue weighted by Gasteiger charge is 2.21. The topological polar surface area (TPSA) is 15.3 Å². The van der Waals surface area contributed by atoms with Gasteiger partial charge in [0.15, 0.2) is 0 Å². The summed E-state index contributed by atoms with van der Waals surface area (Å²) in [6, 6.07) is 10.9. The van der Waals surface area contributed by atoms with Crippen LogP contribution in [0.2, 0.25) is 0 Å². The van der Waals surface area contributed by atoms with Crippen molar-refractivity contribution in [2.75, 3.05) is 10.2 Å². The zero-order valence-electron chi connectivity index (χ0n) is 21.0. The van der Waals surface area contributed by atoms with Crippen LogP contribution in [0.4, 0.5) is 11.4 Å². The van der Waals surface area contributed by atoms with E-state index in [1.54, 1.807) is 0 Å². The van der Waals surface area contributed by atoms with Gasteiger partial charge in [0.05, 0.1) is 0 Å². The van der Waals surface area contributed by atoms with E-state index >= 15 is 0 Å². The van der Waals surface area contributed by atoms with Crippen molar-refractivity contribution < 1.29 is 0 Å². The Balaban J connectivity index is 2.85. The Morgan fingerprint density at radius 1 is 0.586 bits per heavy atom. The lowest BCUT2D eigenvalue weighted by atomic mass is 9.98. The van der Waals surface area contributed by atoms with Crippen LogP contribution in [0, 0.1) is 17.8 Å². The molecule has 29 heavy (non-hydrogen) atoms. The third-order valence-corrected chi connectivity index (χ3v) is 6.03. The molecule has 0 aromatic heterocycles. The van der Waals surface area contributed by atoms with Crippen molar-refractivity contribution in [3.8, 4) is 0 Å². The molecule has 0 bridgehead atoms. The zero-order chi connectivity index (χ0) is 22.0. The van der Waals surface area contributed by atoms with Gasteiger partial charge in [-0.3, -0.25) is 0 Å². The minimum atomic E-state index is 0.522. The zero-order valence-corrected chi connectivity index (χ0v) is 21.0. The second kappa shape index (κ2) is 13.2. The van der Waals surface area contributed by atoms with Crippen LogP contribution < -0.4 is 10.2 Å². The monoisotopic (exact) mass is 402 g/mol. The number of nitrogens with zero attached hydrogens (tertiary/aromatic N) is 1. The van der Waals surface area contributed by atoms with E-state index in [-0.39, 0.29) is 0 Å².